The standard InChI is InChI=1S/C27H40FN7O4.C26H35N10.Y/c1-27(2,19-7-11-34(12-8-19)23(39)17-36)35-15-13-33(14-16-35)21-6-5-20-25(24(21)28)32(4)30-26(20)31(3)10-9-22(38)29-18-37;1-16-19(18-8-10-29-11-9-18)12-30-25(33-16)35(14-17-6-7-17)20(13-28-5)22-21-23(27)31-15-32-24(21)36(34-22)26(2,3)4;/h5-6,18-19,36H,7-17H2,1-4H3,(H,29,37,38);12-13,15,17-18H,5-11,14H2,1-4H3,(H2,27,31,32);/q;-1;/b;20-13-;. The molecule has 4 fully saturated rings. The third kappa shape index (κ3) is 12.7. The number of anilines is 4. The Hall–Kier alpha value is -5.55. The Kier molecular flexibility index (Phi) is 19.0. The van der Waals surface area contributed by atoms with E-state index in [2.05, 4.69) is 93.7 Å². The van der Waals surface area contributed by atoms with Crippen LogP contribution >= 0.6 is 0 Å². The molecular weight excluding hydrogens is 1050 g/mol. The van der Waals surface area contributed by atoms with Gasteiger partial charge in [0.05, 0.1) is 28.5 Å². The number of imide groups is 1. The minimum atomic E-state index is -0.434. The van der Waals surface area contributed by atoms with E-state index in [4.69, 9.17) is 25.9 Å². The van der Waals surface area contributed by atoms with E-state index in [1.165, 1.54) is 24.7 Å². The molecule has 5 aromatic rings. The number of piperazine rings is 1. The maximum Gasteiger partial charge on any atom is 0.248 e. The number of nitrogen functional groups attached to an aromatic ring is 1. The maximum absolute atomic E-state index is 15.9. The molecule has 0 bridgehead atoms. The number of halogens is 1. The first-order valence-corrected chi connectivity index (χ1v) is 26.2. The Labute approximate surface area is 470 Å². The Morgan fingerprint density at radius 2 is 1.70 bits per heavy atom. The van der Waals surface area contributed by atoms with Gasteiger partial charge in [0.25, 0.3) is 0 Å². The summed E-state index contributed by atoms with van der Waals surface area (Å²) in [5.41, 5.74) is 11.3. The van der Waals surface area contributed by atoms with Crippen molar-refractivity contribution in [3.8, 4) is 0 Å². The van der Waals surface area contributed by atoms with Gasteiger partial charge in [-0.2, -0.15) is 10.2 Å². The van der Waals surface area contributed by atoms with Crippen molar-refractivity contribution in [3.63, 3.8) is 0 Å². The van der Waals surface area contributed by atoms with Crippen LogP contribution in [-0.4, -0.2) is 164 Å². The fourth-order valence-electron chi connectivity index (χ4n) is 10.9. The molecule has 23 heteroatoms. The molecule has 4 N–H and O–H groups in total. The van der Waals surface area contributed by atoms with Crippen LogP contribution in [0.3, 0.4) is 0 Å². The van der Waals surface area contributed by atoms with Gasteiger partial charge in [0.2, 0.25) is 24.2 Å². The minimum absolute atomic E-state index is 0. The summed E-state index contributed by atoms with van der Waals surface area (Å²) in [4.78, 5) is 67.0. The minimum Gasteiger partial charge on any atom is -0.662 e. The number of aliphatic hydroxyl groups is 1. The van der Waals surface area contributed by atoms with E-state index in [-0.39, 0.29) is 67.8 Å². The van der Waals surface area contributed by atoms with E-state index in [1.807, 2.05) is 23.0 Å². The number of piperidine rings is 2. The number of likely N-dealkylation sites (tertiary alicyclic amines) is 1. The van der Waals surface area contributed by atoms with Gasteiger partial charge in [0.1, 0.15) is 30.0 Å². The number of nitrogens with zero attached hydrogens (tertiary/aromatic N) is 15. The number of aromatic nitrogens is 8. The molecule has 0 atom stereocenters. The molecule has 9 rings (SSSR count). The van der Waals surface area contributed by atoms with Crippen LogP contribution in [0.1, 0.15) is 102 Å². The average molecular weight is 1120 g/mol. The Bertz CT molecular complexity index is 2890. The van der Waals surface area contributed by atoms with Crippen molar-refractivity contribution >= 4 is 75.8 Å². The zero-order valence-corrected chi connectivity index (χ0v) is 48.4. The van der Waals surface area contributed by atoms with E-state index in [0.29, 0.717) is 108 Å². The summed E-state index contributed by atoms with van der Waals surface area (Å²) in [6, 6.07) is 3.69. The zero-order chi connectivity index (χ0) is 53.8. The van der Waals surface area contributed by atoms with Gasteiger partial charge in [-0.3, -0.25) is 34.3 Å². The summed E-state index contributed by atoms with van der Waals surface area (Å²) in [6.07, 6.45) is 11.9. The average Bonchev–Trinajstić information content (AvgIpc) is 4.04. The number of fused-ring (bicyclic) bond motifs is 2. The number of rotatable bonds is 16. The number of amides is 3. The fraction of sp³-hybridized carbons (Fsp3) is 0.585. The Balaban J connectivity index is 0.000000219. The van der Waals surface area contributed by atoms with Crippen molar-refractivity contribution in [2.45, 2.75) is 103 Å². The molecule has 4 aliphatic rings. The number of nitrogens with one attached hydrogen (secondary N) is 1. The number of aliphatic imine (C=N–C) groups is 1. The van der Waals surface area contributed by atoms with Crippen LogP contribution in [0.2, 0.25) is 0 Å². The second-order valence-corrected chi connectivity index (χ2v) is 21.8. The van der Waals surface area contributed by atoms with Gasteiger partial charge < -0.3 is 35.8 Å². The van der Waals surface area contributed by atoms with Crippen LogP contribution in [0, 0.1) is 24.6 Å². The molecule has 0 unspecified atom stereocenters. The van der Waals surface area contributed by atoms with Crippen molar-refractivity contribution in [1.29, 1.82) is 0 Å². The van der Waals surface area contributed by atoms with E-state index >= 15 is 4.39 Å². The van der Waals surface area contributed by atoms with Crippen molar-refractivity contribution in [2.75, 3.05) is 99.5 Å². The van der Waals surface area contributed by atoms with Gasteiger partial charge in [-0.1, -0.05) is 12.8 Å². The zero-order valence-electron chi connectivity index (χ0n) is 45.5. The van der Waals surface area contributed by atoms with Crippen LogP contribution in [0.25, 0.3) is 33.0 Å². The van der Waals surface area contributed by atoms with Crippen molar-refractivity contribution < 1.29 is 56.6 Å². The van der Waals surface area contributed by atoms with E-state index in [9.17, 15) is 14.4 Å². The number of carbonyl (C=O) groups is 3. The van der Waals surface area contributed by atoms with Crippen LogP contribution < -0.4 is 25.8 Å². The molecule has 1 aliphatic carbocycles. The molecule has 76 heavy (non-hydrogen) atoms. The Morgan fingerprint density at radius 3 is 2.32 bits per heavy atom. The molecule has 4 aromatic heterocycles. The second kappa shape index (κ2) is 24.8. The molecule has 3 amide bonds. The number of nitrogens with two attached hydrogens (primary N) is 1. The van der Waals surface area contributed by atoms with Crippen molar-refractivity contribution in [3.05, 3.63) is 58.9 Å². The smallest absolute Gasteiger partial charge is 0.248 e. The number of aryl methyl sites for hydroxylation is 2. The third-order valence-electron chi connectivity index (χ3n) is 15.5. The quantitative estimate of drug-likeness (QED) is 0.0832. The van der Waals surface area contributed by atoms with Crippen molar-refractivity contribution in [2.24, 2.45) is 23.9 Å². The molecular formula is C53H75FN17O4Y-. The van der Waals surface area contributed by atoms with Crippen LogP contribution in [-0.2, 0) is 59.7 Å². The number of hydrogen-bond acceptors (Lipinski definition) is 16. The fourth-order valence-corrected chi connectivity index (χ4v) is 10.9. The topological polar surface area (TPSA) is 239 Å². The predicted octanol–water partition coefficient (Wildman–Crippen LogP) is 5.37. The summed E-state index contributed by atoms with van der Waals surface area (Å²) in [6.45, 7) is 23.4. The van der Waals surface area contributed by atoms with Gasteiger partial charge in [-0.05, 0) is 109 Å². The third-order valence-corrected chi connectivity index (χ3v) is 15.5. The number of carbonyl (C=O) groups excluding carboxylic acids is 3. The van der Waals surface area contributed by atoms with Crippen LogP contribution in [0.5, 0.6) is 0 Å². The largest absolute Gasteiger partial charge is 0.662 e. The van der Waals surface area contributed by atoms with Gasteiger partial charge >= 0.3 is 0 Å². The maximum atomic E-state index is 15.9. The summed E-state index contributed by atoms with van der Waals surface area (Å²) in [7, 11) is 3.50. The monoisotopic (exact) mass is 1120 g/mol. The van der Waals surface area contributed by atoms with Gasteiger partial charge in [-0.15, -0.1) is 13.1 Å². The predicted molar refractivity (Wildman–Crippen MR) is 291 cm³/mol. The summed E-state index contributed by atoms with van der Waals surface area (Å²) >= 11 is 0. The number of benzene rings is 1. The summed E-state index contributed by atoms with van der Waals surface area (Å²) in [5.74, 6) is 2.16. The molecule has 3 saturated heterocycles. The van der Waals surface area contributed by atoms with Crippen LogP contribution in [0.15, 0.2) is 35.8 Å². The molecule has 21 nitrogen and oxygen atoms in total. The normalized spacial score (nSPS) is 17.3. The van der Waals surface area contributed by atoms with Gasteiger partial charge in [-0.25, -0.2) is 29.0 Å². The van der Waals surface area contributed by atoms with Gasteiger partial charge in [0.15, 0.2) is 17.3 Å². The molecule has 0 spiro atoms. The number of aliphatic hydroxyl groups excluding tert-OH is 1. The first-order valence-electron chi connectivity index (χ1n) is 26.2. The SMILES string of the molecule is C=N/C=C(/c1nn(C(C)(C)C)c2ncnc(N)c12)N(CC1CC1)c1ncc(C2CC[N-]CC2)c(C)n1.CN(CCC(=O)NC=O)c1nn(C)c2c(F)c(N3CCN(C(C)(C)C4CCN(C(=O)CO)CC4)CC3)ccc12.[Y]. The molecule has 3 aliphatic heterocycles. The van der Waals surface area contributed by atoms with Crippen LogP contribution in [0.4, 0.5) is 27.7 Å². The molecule has 407 valence electrons. The van der Waals surface area contributed by atoms with E-state index in [1.54, 1.807) is 34.8 Å². The summed E-state index contributed by atoms with van der Waals surface area (Å²) in [5, 5.41) is 26.6. The second-order valence-electron chi connectivity index (χ2n) is 21.8. The first kappa shape index (κ1) is 58.1. The molecule has 1 saturated carbocycles. The Morgan fingerprint density at radius 1 is 1.00 bits per heavy atom. The summed E-state index contributed by atoms with van der Waals surface area (Å²) < 4.78 is 19.3. The number of hydrogen-bond donors (Lipinski definition) is 3. The first-order chi connectivity index (χ1) is 35.9. The van der Waals surface area contributed by atoms with Gasteiger partial charge in [0, 0.05) is 128 Å². The molecule has 1 aromatic carbocycles. The van der Waals surface area contributed by atoms with E-state index in [0.717, 1.165) is 69.8 Å². The van der Waals surface area contributed by atoms with E-state index < -0.39 is 6.61 Å². The molecule has 1 radical (unpaired) electrons. The molecule has 7 heterocycles. The van der Waals surface area contributed by atoms with Crippen molar-refractivity contribution in [1.82, 2.24) is 54.6 Å².